The third-order valence-electron chi connectivity index (χ3n) is 4.54. The van der Waals surface area contributed by atoms with Crippen LogP contribution in [-0.4, -0.2) is 18.4 Å². The van der Waals surface area contributed by atoms with E-state index in [1.807, 2.05) is 12.1 Å². The molecule has 1 aromatic rings. The van der Waals surface area contributed by atoms with Crippen LogP contribution in [0.3, 0.4) is 0 Å². The standard InChI is InChI=1S/C17H22N2O2/c20-16-9-7-13-10-14(6-8-15(13)19-16)17(21)18-11-12-4-2-1-3-5-12/h6,8,10,12H,1-5,7,9,11H2,(H,18,21)(H,19,20). The molecule has 0 bridgehead atoms. The minimum absolute atomic E-state index is 0.000253. The van der Waals surface area contributed by atoms with E-state index in [4.69, 9.17) is 0 Å². The topological polar surface area (TPSA) is 58.2 Å². The summed E-state index contributed by atoms with van der Waals surface area (Å²) in [6.07, 6.45) is 7.59. The maximum Gasteiger partial charge on any atom is 0.251 e. The molecule has 4 nitrogen and oxygen atoms in total. The van der Waals surface area contributed by atoms with E-state index in [9.17, 15) is 9.59 Å². The van der Waals surface area contributed by atoms with Gasteiger partial charge in [0.1, 0.15) is 0 Å². The second kappa shape index (κ2) is 6.29. The molecule has 3 rings (SSSR count). The lowest BCUT2D eigenvalue weighted by Crippen LogP contribution is -2.30. The fraction of sp³-hybridized carbons (Fsp3) is 0.529. The molecule has 0 saturated heterocycles. The number of nitrogens with one attached hydrogen (secondary N) is 2. The molecule has 1 saturated carbocycles. The minimum Gasteiger partial charge on any atom is -0.352 e. The molecule has 1 heterocycles. The Morgan fingerprint density at radius 3 is 2.81 bits per heavy atom. The van der Waals surface area contributed by atoms with Gasteiger partial charge in [0.2, 0.25) is 5.91 Å². The molecule has 0 spiro atoms. The van der Waals surface area contributed by atoms with Gasteiger partial charge in [-0.15, -0.1) is 0 Å². The summed E-state index contributed by atoms with van der Waals surface area (Å²) in [5.74, 6) is 0.692. The number of hydrogen-bond acceptors (Lipinski definition) is 2. The molecule has 4 heteroatoms. The zero-order chi connectivity index (χ0) is 14.7. The summed E-state index contributed by atoms with van der Waals surface area (Å²) in [6, 6.07) is 5.54. The SMILES string of the molecule is O=C1CCc2cc(C(=O)NCC3CCCCC3)ccc2N1. The van der Waals surface area contributed by atoms with Crippen molar-refractivity contribution in [3.8, 4) is 0 Å². The first-order chi connectivity index (χ1) is 10.2. The first-order valence-corrected chi connectivity index (χ1v) is 7.93. The van der Waals surface area contributed by atoms with Crippen molar-refractivity contribution in [2.75, 3.05) is 11.9 Å². The van der Waals surface area contributed by atoms with Gasteiger partial charge in [-0.05, 0) is 48.9 Å². The normalized spacial score (nSPS) is 18.8. The summed E-state index contributed by atoms with van der Waals surface area (Å²) in [7, 11) is 0. The Hall–Kier alpha value is -1.84. The summed E-state index contributed by atoms with van der Waals surface area (Å²) >= 11 is 0. The van der Waals surface area contributed by atoms with Crippen molar-refractivity contribution in [1.29, 1.82) is 0 Å². The lowest BCUT2D eigenvalue weighted by atomic mass is 9.89. The second-order valence-corrected chi connectivity index (χ2v) is 6.13. The van der Waals surface area contributed by atoms with E-state index in [0.717, 1.165) is 17.8 Å². The van der Waals surface area contributed by atoms with Crippen molar-refractivity contribution < 1.29 is 9.59 Å². The molecule has 112 valence electrons. The number of hydrogen-bond donors (Lipinski definition) is 2. The predicted molar refractivity (Wildman–Crippen MR) is 82.3 cm³/mol. The Bertz CT molecular complexity index is 548. The van der Waals surface area contributed by atoms with Crippen LogP contribution in [0.25, 0.3) is 0 Å². The quantitative estimate of drug-likeness (QED) is 0.897. The Morgan fingerprint density at radius 1 is 1.19 bits per heavy atom. The van der Waals surface area contributed by atoms with Crippen LogP contribution in [0.5, 0.6) is 0 Å². The average molecular weight is 286 g/mol. The van der Waals surface area contributed by atoms with Gasteiger partial charge in [-0.25, -0.2) is 0 Å². The molecule has 2 N–H and O–H groups in total. The average Bonchev–Trinajstić information content (AvgIpc) is 2.53. The van der Waals surface area contributed by atoms with Crippen LogP contribution >= 0.6 is 0 Å². The molecule has 2 aliphatic rings. The van der Waals surface area contributed by atoms with E-state index in [0.29, 0.717) is 24.3 Å². The van der Waals surface area contributed by atoms with Gasteiger partial charge in [0.25, 0.3) is 5.91 Å². The van der Waals surface area contributed by atoms with Crippen LogP contribution in [0.4, 0.5) is 5.69 Å². The molecule has 0 unspecified atom stereocenters. The maximum absolute atomic E-state index is 12.2. The van der Waals surface area contributed by atoms with Crippen molar-refractivity contribution in [1.82, 2.24) is 5.32 Å². The molecular weight excluding hydrogens is 264 g/mol. The Morgan fingerprint density at radius 2 is 2.00 bits per heavy atom. The lowest BCUT2D eigenvalue weighted by Gasteiger charge is -2.22. The summed E-state index contributed by atoms with van der Waals surface area (Å²) in [5.41, 5.74) is 2.59. The number of rotatable bonds is 3. The van der Waals surface area contributed by atoms with E-state index in [-0.39, 0.29) is 11.8 Å². The van der Waals surface area contributed by atoms with Gasteiger partial charge in [-0.2, -0.15) is 0 Å². The van der Waals surface area contributed by atoms with Crippen molar-refractivity contribution >= 4 is 17.5 Å². The van der Waals surface area contributed by atoms with Gasteiger partial charge in [0, 0.05) is 24.2 Å². The Balaban J connectivity index is 1.60. The van der Waals surface area contributed by atoms with Crippen LogP contribution in [0.2, 0.25) is 0 Å². The number of amides is 2. The van der Waals surface area contributed by atoms with Crippen molar-refractivity contribution in [3.63, 3.8) is 0 Å². The first kappa shape index (κ1) is 14.1. The number of anilines is 1. The van der Waals surface area contributed by atoms with E-state index in [2.05, 4.69) is 10.6 Å². The van der Waals surface area contributed by atoms with E-state index >= 15 is 0 Å². The zero-order valence-electron chi connectivity index (χ0n) is 12.3. The molecule has 0 aromatic heterocycles. The van der Waals surface area contributed by atoms with Gasteiger partial charge in [0.15, 0.2) is 0 Å². The highest BCUT2D eigenvalue weighted by molar-refractivity contribution is 5.97. The number of fused-ring (bicyclic) bond motifs is 1. The summed E-state index contributed by atoms with van der Waals surface area (Å²) in [6.45, 7) is 0.784. The lowest BCUT2D eigenvalue weighted by molar-refractivity contribution is -0.116. The molecular formula is C17H22N2O2. The fourth-order valence-corrected chi connectivity index (χ4v) is 3.26. The van der Waals surface area contributed by atoms with Gasteiger partial charge in [-0.1, -0.05) is 19.3 Å². The van der Waals surface area contributed by atoms with Crippen LogP contribution in [0, 0.1) is 5.92 Å². The Kier molecular flexibility index (Phi) is 4.23. The summed E-state index contributed by atoms with van der Waals surface area (Å²) in [4.78, 5) is 23.6. The smallest absolute Gasteiger partial charge is 0.251 e. The molecule has 2 amide bonds. The van der Waals surface area contributed by atoms with Gasteiger partial charge in [0.05, 0.1) is 0 Å². The van der Waals surface area contributed by atoms with Crippen molar-refractivity contribution in [2.45, 2.75) is 44.9 Å². The second-order valence-electron chi connectivity index (χ2n) is 6.13. The number of benzene rings is 1. The highest BCUT2D eigenvalue weighted by atomic mass is 16.2. The first-order valence-electron chi connectivity index (χ1n) is 7.93. The monoisotopic (exact) mass is 286 g/mol. The highest BCUT2D eigenvalue weighted by Crippen LogP contribution is 2.24. The highest BCUT2D eigenvalue weighted by Gasteiger charge is 2.18. The van der Waals surface area contributed by atoms with Crippen LogP contribution in [0.15, 0.2) is 18.2 Å². The van der Waals surface area contributed by atoms with Crippen LogP contribution in [0.1, 0.15) is 54.4 Å². The molecule has 1 aliphatic heterocycles. The summed E-state index contributed by atoms with van der Waals surface area (Å²) in [5, 5.41) is 5.90. The van der Waals surface area contributed by atoms with Gasteiger partial charge < -0.3 is 10.6 Å². The number of carbonyl (C=O) groups excluding carboxylic acids is 2. The molecule has 1 aromatic carbocycles. The summed E-state index contributed by atoms with van der Waals surface area (Å²) < 4.78 is 0. The molecule has 0 radical (unpaired) electrons. The van der Waals surface area contributed by atoms with Gasteiger partial charge in [-0.3, -0.25) is 9.59 Å². The van der Waals surface area contributed by atoms with Crippen molar-refractivity contribution in [3.05, 3.63) is 29.3 Å². The molecule has 0 atom stereocenters. The third kappa shape index (κ3) is 3.43. The third-order valence-corrected chi connectivity index (χ3v) is 4.54. The van der Waals surface area contributed by atoms with Crippen molar-refractivity contribution in [2.24, 2.45) is 5.92 Å². The number of aryl methyl sites for hydroxylation is 1. The van der Waals surface area contributed by atoms with E-state index in [1.54, 1.807) is 6.07 Å². The number of carbonyl (C=O) groups is 2. The minimum atomic E-state index is 0.000253. The zero-order valence-corrected chi connectivity index (χ0v) is 12.3. The molecule has 1 fully saturated rings. The maximum atomic E-state index is 12.2. The molecule has 21 heavy (non-hydrogen) atoms. The van der Waals surface area contributed by atoms with Crippen LogP contribution < -0.4 is 10.6 Å². The van der Waals surface area contributed by atoms with E-state index in [1.165, 1.54) is 32.1 Å². The van der Waals surface area contributed by atoms with Crippen LogP contribution in [-0.2, 0) is 11.2 Å². The Labute approximate surface area is 125 Å². The van der Waals surface area contributed by atoms with Gasteiger partial charge >= 0.3 is 0 Å². The largest absolute Gasteiger partial charge is 0.352 e. The molecule has 1 aliphatic carbocycles. The predicted octanol–water partition coefficient (Wildman–Crippen LogP) is 2.88. The van der Waals surface area contributed by atoms with E-state index < -0.39 is 0 Å². The fourth-order valence-electron chi connectivity index (χ4n) is 3.26.